The van der Waals surface area contributed by atoms with Gasteiger partial charge in [-0.15, -0.1) is 0 Å². The van der Waals surface area contributed by atoms with E-state index in [0.29, 0.717) is 12.0 Å². The summed E-state index contributed by atoms with van der Waals surface area (Å²) in [4.78, 5) is 26.3. The largest absolute Gasteiger partial charge is 0.494 e. The van der Waals surface area contributed by atoms with Crippen LogP contribution in [0.5, 0.6) is 5.88 Å². The first kappa shape index (κ1) is 21.5. The smallest absolute Gasteiger partial charge is 0.264 e. The Morgan fingerprint density at radius 2 is 2.04 bits per heavy atom. The first-order chi connectivity index (χ1) is 13.4. The molecule has 0 saturated carbocycles. The lowest BCUT2D eigenvalue weighted by molar-refractivity contribution is -0.121. The van der Waals surface area contributed by atoms with Crippen LogP contribution in [0.3, 0.4) is 0 Å². The van der Waals surface area contributed by atoms with Crippen molar-refractivity contribution >= 4 is 24.3 Å². The lowest BCUT2D eigenvalue weighted by atomic mass is 10.1. The van der Waals surface area contributed by atoms with E-state index < -0.39 is 5.56 Å². The van der Waals surface area contributed by atoms with Gasteiger partial charge in [-0.25, -0.2) is 9.82 Å². The first-order valence-electron chi connectivity index (χ1n) is 9.04. The maximum Gasteiger partial charge on any atom is 0.264 e. The standard InChI is InChI=1S/C19H23FN4O3S/c1-2-3-4-5-6-16(25)23-21-11-15-17(26)22-19(28)24(18(15)27)12-13-7-9-14(20)10-8-13/h7-11,27H,2-6,12H2,1H3,(H,23,25)(H,22,26,28). The predicted molar refractivity (Wildman–Crippen MR) is 108 cm³/mol. The lowest BCUT2D eigenvalue weighted by Crippen LogP contribution is -2.21. The first-order valence-corrected chi connectivity index (χ1v) is 9.45. The monoisotopic (exact) mass is 406 g/mol. The summed E-state index contributed by atoms with van der Waals surface area (Å²) in [5.41, 5.74) is 2.26. The number of aromatic hydroxyl groups is 1. The third-order valence-electron chi connectivity index (χ3n) is 4.10. The minimum atomic E-state index is -0.626. The summed E-state index contributed by atoms with van der Waals surface area (Å²) in [6.07, 6.45) is 5.31. The van der Waals surface area contributed by atoms with Gasteiger partial charge in [-0.05, 0) is 36.3 Å². The number of benzene rings is 1. The molecule has 0 aliphatic carbocycles. The molecule has 28 heavy (non-hydrogen) atoms. The van der Waals surface area contributed by atoms with E-state index in [9.17, 15) is 19.1 Å². The number of nitrogens with one attached hydrogen (secondary N) is 2. The molecule has 0 aliphatic rings. The third-order valence-corrected chi connectivity index (χ3v) is 4.42. The summed E-state index contributed by atoms with van der Waals surface area (Å²) in [6, 6.07) is 5.68. The van der Waals surface area contributed by atoms with Crippen LogP contribution in [0.15, 0.2) is 34.2 Å². The number of hydrogen-bond acceptors (Lipinski definition) is 5. The van der Waals surface area contributed by atoms with Gasteiger partial charge in [0.2, 0.25) is 11.8 Å². The normalized spacial score (nSPS) is 11.1. The molecular weight excluding hydrogens is 383 g/mol. The van der Waals surface area contributed by atoms with Crippen molar-refractivity contribution in [2.75, 3.05) is 0 Å². The highest BCUT2D eigenvalue weighted by Gasteiger charge is 2.12. The summed E-state index contributed by atoms with van der Waals surface area (Å²) in [5.74, 6) is -1.03. The number of carbonyl (C=O) groups excluding carboxylic acids is 1. The summed E-state index contributed by atoms with van der Waals surface area (Å²) in [6.45, 7) is 2.22. The van der Waals surface area contributed by atoms with E-state index in [0.717, 1.165) is 31.9 Å². The van der Waals surface area contributed by atoms with Crippen molar-refractivity contribution in [2.24, 2.45) is 5.10 Å². The van der Waals surface area contributed by atoms with Crippen molar-refractivity contribution in [3.05, 3.63) is 56.3 Å². The molecule has 1 heterocycles. The maximum absolute atomic E-state index is 13.0. The zero-order valence-corrected chi connectivity index (χ0v) is 16.4. The molecule has 0 fully saturated rings. The van der Waals surface area contributed by atoms with E-state index in [4.69, 9.17) is 12.2 Å². The van der Waals surface area contributed by atoms with Crippen molar-refractivity contribution in [1.29, 1.82) is 0 Å². The van der Waals surface area contributed by atoms with Crippen LogP contribution in [0.4, 0.5) is 4.39 Å². The number of amides is 1. The van der Waals surface area contributed by atoms with Crippen LogP contribution in [-0.2, 0) is 11.3 Å². The second-order valence-corrected chi connectivity index (χ2v) is 6.70. The Morgan fingerprint density at radius 3 is 2.71 bits per heavy atom. The summed E-state index contributed by atoms with van der Waals surface area (Å²) < 4.78 is 14.4. The lowest BCUT2D eigenvalue weighted by Gasteiger charge is -2.11. The van der Waals surface area contributed by atoms with Crippen molar-refractivity contribution in [3.63, 3.8) is 0 Å². The fourth-order valence-electron chi connectivity index (χ4n) is 2.55. The van der Waals surface area contributed by atoms with Gasteiger partial charge >= 0.3 is 0 Å². The molecule has 3 N–H and O–H groups in total. The van der Waals surface area contributed by atoms with Crippen molar-refractivity contribution in [2.45, 2.75) is 45.6 Å². The number of hydrogen-bond donors (Lipinski definition) is 3. The molecule has 1 aromatic heterocycles. The van der Waals surface area contributed by atoms with E-state index in [1.807, 2.05) is 0 Å². The third kappa shape index (κ3) is 6.12. The zero-order chi connectivity index (χ0) is 20.5. The van der Waals surface area contributed by atoms with E-state index in [-0.39, 0.29) is 34.5 Å². The van der Waals surface area contributed by atoms with Crippen molar-refractivity contribution in [3.8, 4) is 5.88 Å². The van der Waals surface area contributed by atoms with E-state index in [2.05, 4.69) is 22.4 Å². The van der Waals surface area contributed by atoms with E-state index >= 15 is 0 Å². The highest BCUT2D eigenvalue weighted by Crippen LogP contribution is 2.14. The van der Waals surface area contributed by atoms with Crippen LogP contribution >= 0.6 is 12.2 Å². The maximum atomic E-state index is 13.0. The van der Waals surface area contributed by atoms with Gasteiger partial charge in [-0.3, -0.25) is 19.1 Å². The van der Waals surface area contributed by atoms with Gasteiger partial charge < -0.3 is 5.11 Å². The van der Waals surface area contributed by atoms with Crippen LogP contribution in [0.25, 0.3) is 0 Å². The number of hydrazone groups is 1. The predicted octanol–water partition coefficient (Wildman–Crippen LogP) is 3.22. The highest BCUT2D eigenvalue weighted by molar-refractivity contribution is 7.71. The molecule has 2 aromatic rings. The second kappa shape index (κ2) is 10.5. The van der Waals surface area contributed by atoms with Gasteiger partial charge in [-0.1, -0.05) is 38.3 Å². The van der Waals surface area contributed by atoms with E-state index in [1.165, 1.54) is 16.7 Å². The van der Waals surface area contributed by atoms with Gasteiger partial charge in [0.15, 0.2) is 4.77 Å². The van der Waals surface area contributed by atoms with Gasteiger partial charge in [0.05, 0.1) is 12.8 Å². The average Bonchev–Trinajstić information content (AvgIpc) is 2.66. The minimum absolute atomic E-state index is 0.0175. The number of aromatic nitrogens is 2. The van der Waals surface area contributed by atoms with Gasteiger partial charge in [-0.2, -0.15) is 5.10 Å². The van der Waals surface area contributed by atoms with Gasteiger partial charge in [0.1, 0.15) is 11.4 Å². The number of carbonyl (C=O) groups is 1. The molecule has 150 valence electrons. The molecule has 0 atom stereocenters. The average molecular weight is 406 g/mol. The number of nitrogens with zero attached hydrogens (tertiary/aromatic N) is 2. The van der Waals surface area contributed by atoms with Crippen LogP contribution in [0, 0.1) is 10.6 Å². The Hall–Kier alpha value is -2.81. The molecule has 7 nitrogen and oxygen atoms in total. The molecule has 0 saturated heterocycles. The quantitative estimate of drug-likeness (QED) is 0.258. The second-order valence-electron chi connectivity index (χ2n) is 6.31. The number of aromatic amines is 1. The Balaban J connectivity index is 2.12. The Bertz CT molecular complexity index is 951. The highest BCUT2D eigenvalue weighted by atomic mass is 32.1. The molecular formula is C19H23FN4O3S. The van der Waals surface area contributed by atoms with Crippen LogP contribution < -0.4 is 11.0 Å². The number of H-pyrrole nitrogens is 1. The minimum Gasteiger partial charge on any atom is -0.494 e. The zero-order valence-electron chi connectivity index (χ0n) is 15.6. The Morgan fingerprint density at radius 1 is 1.32 bits per heavy atom. The topological polar surface area (TPSA) is 99.5 Å². The van der Waals surface area contributed by atoms with Gasteiger partial charge in [0, 0.05) is 6.42 Å². The Labute approximate surface area is 166 Å². The molecule has 1 aromatic carbocycles. The molecule has 0 aliphatic heterocycles. The fourth-order valence-corrected chi connectivity index (χ4v) is 2.79. The molecule has 0 radical (unpaired) electrons. The van der Waals surface area contributed by atoms with Crippen molar-refractivity contribution < 1.29 is 14.3 Å². The van der Waals surface area contributed by atoms with Crippen molar-refractivity contribution in [1.82, 2.24) is 15.0 Å². The SMILES string of the molecule is CCCCCCC(=O)NN=Cc1c(O)n(Cc2ccc(F)cc2)c(=S)[nH]c1=O. The summed E-state index contributed by atoms with van der Waals surface area (Å²) in [7, 11) is 0. The molecule has 0 spiro atoms. The summed E-state index contributed by atoms with van der Waals surface area (Å²) in [5, 5.41) is 14.2. The van der Waals surface area contributed by atoms with Crippen LogP contribution in [0.1, 0.15) is 50.2 Å². The molecule has 0 bridgehead atoms. The molecule has 1 amide bonds. The fraction of sp³-hybridized carbons (Fsp3) is 0.368. The number of unbranched alkanes of at least 4 members (excludes halogenated alkanes) is 3. The van der Waals surface area contributed by atoms with E-state index in [1.54, 1.807) is 12.1 Å². The van der Waals surface area contributed by atoms with Gasteiger partial charge in [0.25, 0.3) is 5.56 Å². The molecule has 9 heteroatoms. The van der Waals surface area contributed by atoms with Crippen LogP contribution in [0.2, 0.25) is 0 Å². The Kier molecular flexibility index (Phi) is 8.06. The molecule has 2 rings (SSSR count). The molecule has 0 unspecified atom stereocenters. The summed E-state index contributed by atoms with van der Waals surface area (Å²) >= 11 is 5.09. The number of rotatable bonds is 9. The number of halogens is 1. The van der Waals surface area contributed by atoms with Crippen LogP contribution in [-0.4, -0.2) is 26.8 Å².